The Bertz CT molecular complexity index is 621. The van der Waals surface area contributed by atoms with Crippen LogP contribution in [0.4, 0.5) is 5.13 Å². The summed E-state index contributed by atoms with van der Waals surface area (Å²) in [6.45, 7) is 2.15. The lowest BCUT2D eigenvalue weighted by Gasteiger charge is -2.23. The number of hydrogen-bond donors (Lipinski definition) is 1. The maximum absolute atomic E-state index is 11.2. The Morgan fingerprint density at radius 2 is 2.40 bits per heavy atom. The second kappa shape index (κ2) is 5.18. The molecule has 6 heteroatoms. The number of carboxylic acid groups (broad SMARTS) is 1. The molecule has 2 aromatic rings. The number of carbonyl (C=O) groups is 1. The van der Waals surface area contributed by atoms with E-state index in [1.54, 1.807) is 22.7 Å². The van der Waals surface area contributed by atoms with Crippen LogP contribution in [0.1, 0.15) is 40.8 Å². The highest BCUT2D eigenvalue weighted by Crippen LogP contribution is 2.41. The van der Waals surface area contributed by atoms with Crippen molar-refractivity contribution in [3.05, 3.63) is 33.0 Å². The van der Waals surface area contributed by atoms with E-state index in [1.807, 2.05) is 13.1 Å². The molecule has 2 atom stereocenters. The Morgan fingerprint density at radius 3 is 3.05 bits per heavy atom. The molecule has 0 spiro atoms. The predicted molar refractivity (Wildman–Crippen MR) is 81.9 cm³/mol. The molecular weight excluding hydrogens is 292 g/mol. The summed E-state index contributed by atoms with van der Waals surface area (Å²) in [6, 6.07) is 4.42. The zero-order chi connectivity index (χ0) is 14.3. The lowest BCUT2D eigenvalue weighted by molar-refractivity contribution is -0.138. The molecule has 2 unspecified atom stereocenters. The van der Waals surface area contributed by atoms with Gasteiger partial charge in [0.1, 0.15) is 5.92 Å². The van der Waals surface area contributed by atoms with Crippen LogP contribution in [0.2, 0.25) is 0 Å². The van der Waals surface area contributed by atoms with E-state index in [4.69, 9.17) is 0 Å². The van der Waals surface area contributed by atoms with E-state index in [-0.39, 0.29) is 6.04 Å². The van der Waals surface area contributed by atoms with Gasteiger partial charge in [-0.25, -0.2) is 4.98 Å². The zero-order valence-electron chi connectivity index (χ0n) is 11.4. The topological polar surface area (TPSA) is 53.4 Å². The number of aliphatic carboxylic acids is 1. The van der Waals surface area contributed by atoms with Crippen LogP contribution in [0, 0.1) is 0 Å². The number of rotatable bonds is 4. The third-order valence-corrected chi connectivity index (χ3v) is 6.11. The number of fused-ring (bicyclic) bond motifs is 1. The minimum absolute atomic E-state index is 0.254. The molecule has 1 aliphatic carbocycles. The first-order valence-corrected chi connectivity index (χ1v) is 8.26. The maximum atomic E-state index is 11.2. The van der Waals surface area contributed by atoms with Gasteiger partial charge >= 0.3 is 5.97 Å². The highest BCUT2D eigenvalue weighted by molar-refractivity contribution is 7.15. The molecule has 0 fully saturated rings. The van der Waals surface area contributed by atoms with Crippen molar-refractivity contribution in [2.75, 3.05) is 11.9 Å². The lowest BCUT2D eigenvalue weighted by Crippen LogP contribution is -2.21. The summed E-state index contributed by atoms with van der Waals surface area (Å²) in [4.78, 5) is 20.4. The molecule has 1 N–H and O–H groups in total. The van der Waals surface area contributed by atoms with Gasteiger partial charge in [-0.05, 0) is 31.2 Å². The van der Waals surface area contributed by atoms with E-state index in [9.17, 15) is 9.90 Å². The van der Waals surface area contributed by atoms with Gasteiger partial charge in [-0.15, -0.1) is 22.7 Å². The number of anilines is 1. The Morgan fingerprint density at radius 1 is 1.60 bits per heavy atom. The molecule has 1 aliphatic rings. The molecule has 106 valence electrons. The standard InChI is InChI=1S/C14H16N2O2S2/c1-8(10-4-3-7-19-10)16(2)14-15-12-9(13(17)18)5-6-11(12)20-14/h3-4,7-9H,5-6H2,1-2H3,(H,17,18). The Balaban J connectivity index is 1.85. The third kappa shape index (κ3) is 2.23. The van der Waals surface area contributed by atoms with Gasteiger partial charge in [0.2, 0.25) is 0 Å². The van der Waals surface area contributed by atoms with E-state index >= 15 is 0 Å². The number of nitrogens with zero attached hydrogens (tertiary/aromatic N) is 2. The van der Waals surface area contributed by atoms with Gasteiger partial charge in [0.25, 0.3) is 0 Å². The van der Waals surface area contributed by atoms with Crippen molar-refractivity contribution in [1.82, 2.24) is 4.98 Å². The van der Waals surface area contributed by atoms with Crippen LogP contribution in [0.25, 0.3) is 0 Å². The van der Waals surface area contributed by atoms with E-state index in [0.29, 0.717) is 6.42 Å². The van der Waals surface area contributed by atoms with E-state index in [1.165, 1.54) is 4.88 Å². The quantitative estimate of drug-likeness (QED) is 0.939. The van der Waals surface area contributed by atoms with Gasteiger partial charge in [0.15, 0.2) is 5.13 Å². The van der Waals surface area contributed by atoms with Crippen LogP contribution in [-0.2, 0) is 11.2 Å². The highest BCUT2D eigenvalue weighted by Gasteiger charge is 2.33. The second-order valence-corrected chi connectivity index (χ2v) is 7.08. The molecule has 2 aromatic heterocycles. The third-order valence-electron chi connectivity index (χ3n) is 3.84. The van der Waals surface area contributed by atoms with Crippen LogP contribution >= 0.6 is 22.7 Å². The van der Waals surface area contributed by atoms with Crippen molar-refractivity contribution in [3.63, 3.8) is 0 Å². The fraction of sp³-hybridized carbons (Fsp3) is 0.429. The van der Waals surface area contributed by atoms with Gasteiger partial charge in [0.05, 0.1) is 11.7 Å². The summed E-state index contributed by atoms with van der Waals surface area (Å²) in [5, 5.41) is 12.2. The van der Waals surface area contributed by atoms with Gasteiger partial charge < -0.3 is 10.0 Å². The first kappa shape index (κ1) is 13.6. The summed E-state index contributed by atoms with van der Waals surface area (Å²) >= 11 is 3.36. The summed E-state index contributed by atoms with van der Waals surface area (Å²) < 4.78 is 0. The van der Waals surface area contributed by atoms with Crippen molar-refractivity contribution in [2.45, 2.75) is 31.7 Å². The van der Waals surface area contributed by atoms with Gasteiger partial charge in [-0.3, -0.25) is 4.79 Å². The average molecular weight is 308 g/mol. The SMILES string of the molecule is CC(c1cccs1)N(C)c1nc2c(s1)CCC2C(=O)O. The van der Waals surface area contributed by atoms with Crippen LogP contribution < -0.4 is 4.90 Å². The molecule has 0 aliphatic heterocycles. The van der Waals surface area contributed by atoms with Crippen LogP contribution in [0.3, 0.4) is 0 Å². The lowest BCUT2D eigenvalue weighted by atomic mass is 10.1. The Labute approximate surface area is 125 Å². The largest absolute Gasteiger partial charge is 0.481 e. The van der Waals surface area contributed by atoms with E-state index in [2.05, 4.69) is 28.3 Å². The minimum atomic E-state index is -0.755. The van der Waals surface area contributed by atoms with Gasteiger partial charge in [-0.1, -0.05) is 6.07 Å². The normalized spacial score (nSPS) is 18.8. The number of aromatic nitrogens is 1. The van der Waals surface area contributed by atoms with Crippen LogP contribution in [0.5, 0.6) is 0 Å². The predicted octanol–water partition coefficient (Wildman–Crippen LogP) is 3.52. The first-order valence-electron chi connectivity index (χ1n) is 6.56. The second-order valence-electron chi connectivity index (χ2n) is 5.04. The van der Waals surface area contributed by atoms with Crippen molar-refractivity contribution in [2.24, 2.45) is 0 Å². The number of carboxylic acids is 1. The summed E-state index contributed by atoms with van der Waals surface area (Å²) in [7, 11) is 2.02. The average Bonchev–Trinajstić information content (AvgIpc) is 3.11. The number of aryl methyl sites for hydroxylation is 1. The fourth-order valence-electron chi connectivity index (χ4n) is 2.49. The molecule has 0 saturated heterocycles. The maximum Gasteiger partial charge on any atom is 0.312 e. The van der Waals surface area contributed by atoms with Crippen molar-refractivity contribution < 1.29 is 9.90 Å². The molecule has 0 bridgehead atoms. The Kier molecular flexibility index (Phi) is 3.52. The monoisotopic (exact) mass is 308 g/mol. The Hall–Kier alpha value is -1.40. The molecule has 2 heterocycles. The summed E-state index contributed by atoms with van der Waals surface area (Å²) in [6.07, 6.45) is 1.53. The number of thiazole rings is 1. The molecule has 3 rings (SSSR count). The molecule has 0 amide bonds. The zero-order valence-corrected chi connectivity index (χ0v) is 13.0. The van der Waals surface area contributed by atoms with E-state index < -0.39 is 11.9 Å². The van der Waals surface area contributed by atoms with Gasteiger partial charge in [-0.2, -0.15) is 0 Å². The number of hydrogen-bond acceptors (Lipinski definition) is 5. The van der Waals surface area contributed by atoms with Crippen molar-refractivity contribution in [1.29, 1.82) is 0 Å². The van der Waals surface area contributed by atoms with Gasteiger partial charge in [0, 0.05) is 16.8 Å². The molecule has 0 saturated carbocycles. The van der Waals surface area contributed by atoms with Crippen molar-refractivity contribution in [3.8, 4) is 0 Å². The fourth-order valence-corrected chi connectivity index (χ4v) is 4.50. The summed E-state index contributed by atoms with van der Waals surface area (Å²) in [5.74, 6) is -1.17. The molecule has 0 radical (unpaired) electrons. The van der Waals surface area contributed by atoms with Crippen molar-refractivity contribution >= 4 is 33.8 Å². The van der Waals surface area contributed by atoms with E-state index in [0.717, 1.165) is 22.1 Å². The molecule has 20 heavy (non-hydrogen) atoms. The highest BCUT2D eigenvalue weighted by atomic mass is 32.1. The molecular formula is C14H16N2O2S2. The first-order chi connectivity index (χ1) is 9.58. The van der Waals surface area contributed by atoms with Crippen LogP contribution in [-0.4, -0.2) is 23.1 Å². The smallest absolute Gasteiger partial charge is 0.312 e. The summed E-state index contributed by atoms with van der Waals surface area (Å²) in [5.41, 5.74) is 0.780. The van der Waals surface area contributed by atoms with Crippen LogP contribution in [0.15, 0.2) is 17.5 Å². The molecule has 4 nitrogen and oxygen atoms in total. The number of thiophene rings is 1. The minimum Gasteiger partial charge on any atom is -0.481 e. The molecule has 0 aromatic carbocycles.